The Morgan fingerprint density at radius 3 is 2.76 bits per heavy atom. The number of aryl methyl sites for hydroxylation is 1. The van der Waals surface area contributed by atoms with Gasteiger partial charge in [-0.2, -0.15) is 0 Å². The number of hydrogen-bond donors (Lipinski definition) is 2. The second-order valence-electron chi connectivity index (χ2n) is 4.92. The zero-order valence-corrected chi connectivity index (χ0v) is 10.2. The van der Waals surface area contributed by atoms with Crippen LogP contribution in [0.25, 0.3) is 0 Å². The van der Waals surface area contributed by atoms with Crippen LogP contribution in [0.1, 0.15) is 41.8 Å². The molecule has 1 aromatic heterocycles. The van der Waals surface area contributed by atoms with Gasteiger partial charge in [0.2, 0.25) is 0 Å². The van der Waals surface area contributed by atoms with E-state index in [1.54, 1.807) is 12.3 Å². The summed E-state index contributed by atoms with van der Waals surface area (Å²) < 4.78 is 5.15. The highest BCUT2D eigenvalue weighted by Crippen LogP contribution is 2.22. The zero-order chi connectivity index (χ0) is 12.3. The average molecular weight is 236 g/mol. The average Bonchev–Trinajstić information content (AvgIpc) is 2.74. The van der Waals surface area contributed by atoms with Crippen molar-refractivity contribution in [3.8, 4) is 0 Å². The van der Waals surface area contributed by atoms with Crippen LogP contribution in [-0.2, 0) is 0 Å². The van der Waals surface area contributed by atoms with Crippen LogP contribution in [0.5, 0.6) is 0 Å². The Morgan fingerprint density at radius 2 is 2.18 bits per heavy atom. The van der Waals surface area contributed by atoms with Crippen molar-refractivity contribution in [1.29, 1.82) is 0 Å². The molecule has 0 aromatic carbocycles. The first kappa shape index (κ1) is 12.2. The Labute approximate surface area is 102 Å². The molecule has 0 radical (unpaired) electrons. The topological polar surface area (TPSA) is 68.3 Å². The van der Waals surface area contributed by atoms with E-state index >= 15 is 0 Å². The molecule has 1 amide bonds. The van der Waals surface area contributed by atoms with Gasteiger partial charge >= 0.3 is 0 Å². The minimum atomic E-state index is -0.109. The van der Waals surface area contributed by atoms with Gasteiger partial charge in [-0.05, 0) is 44.6 Å². The largest absolute Gasteiger partial charge is 0.459 e. The van der Waals surface area contributed by atoms with Crippen molar-refractivity contribution in [2.75, 3.05) is 6.54 Å². The normalized spacial score (nSPS) is 24.6. The molecule has 1 fully saturated rings. The fraction of sp³-hybridized carbons (Fsp3) is 0.615. The lowest BCUT2D eigenvalue weighted by Gasteiger charge is -2.25. The van der Waals surface area contributed by atoms with Crippen LogP contribution in [0.15, 0.2) is 16.7 Å². The van der Waals surface area contributed by atoms with Crippen LogP contribution in [0.3, 0.4) is 0 Å². The van der Waals surface area contributed by atoms with E-state index in [1.165, 1.54) is 0 Å². The molecule has 0 spiro atoms. The molecule has 1 aliphatic carbocycles. The van der Waals surface area contributed by atoms with Crippen LogP contribution < -0.4 is 11.1 Å². The molecular formula is C13H20N2O2. The Morgan fingerprint density at radius 1 is 1.47 bits per heavy atom. The van der Waals surface area contributed by atoms with E-state index in [9.17, 15) is 4.79 Å². The van der Waals surface area contributed by atoms with E-state index in [4.69, 9.17) is 10.2 Å². The summed E-state index contributed by atoms with van der Waals surface area (Å²) >= 11 is 0. The van der Waals surface area contributed by atoms with Gasteiger partial charge in [-0.25, -0.2) is 0 Å². The predicted octanol–water partition coefficient (Wildman–Crippen LogP) is 1.84. The van der Waals surface area contributed by atoms with Crippen molar-refractivity contribution in [2.45, 2.75) is 38.6 Å². The van der Waals surface area contributed by atoms with Gasteiger partial charge in [0.15, 0.2) is 5.76 Å². The maximum atomic E-state index is 11.8. The molecule has 1 saturated carbocycles. The zero-order valence-electron chi connectivity index (χ0n) is 10.2. The quantitative estimate of drug-likeness (QED) is 0.841. The molecule has 0 unspecified atom stereocenters. The van der Waals surface area contributed by atoms with Gasteiger partial charge in [0, 0.05) is 18.2 Å². The van der Waals surface area contributed by atoms with Crippen LogP contribution >= 0.6 is 0 Å². The number of carbonyl (C=O) groups excluding carboxylic acids is 1. The molecular weight excluding hydrogens is 216 g/mol. The van der Waals surface area contributed by atoms with Gasteiger partial charge in [0.25, 0.3) is 5.91 Å². The molecule has 0 atom stereocenters. The molecule has 0 bridgehead atoms. The second-order valence-corrected chi connectivity index (χ2v) is 4.92. The van der Waals surface area contributed by atoms with Crippen molar-refractivity contribution in [2.24, 2.45) is 11.7 Å². The predicted molar refractivity (Wildman–Crippen MR) is 65.7 cm³/mol. The van der Waals surface area contributed by atoms with Crippen molar-refractivity contribution in [3.05, 3.63) is 23.7 Å². The lowest BCUT2D eigenvalue weighted by molar-refractivity contribution is 0.0914. The second kappa shape index (κ2) is 5.36. The molecule has 1 aromatic rings. The summed E-state index contributed by atoms with van der Waals surface area (Å²) in [5.74, 6) is 0.883. The Hall–Kier alpha value is -1.29. The number of carbonyl (C=O) groups is 1. The maximum absolute atomic E-state index is 11.8. The maximum Gasteiger partial charge on any atom is 0.287 e. The molecule has 1 heterocycles. The third-order valence-corrected chi connectivity index (χ3v) is 3.51. The van der Waals surface area contributed by atoms with Gasteiger partial charge in [0.1, 0.15) is 0 Å². The lowest BCUT2D eigenvalue weighted by atomic mass is 9.86. The molecule has 17 heavy (non-hydrogen) atoms. The molecule has 4 nitrogen and oxygen atoms in total. The van der Waals surface area contributed by atoms with E-state index in [-0.39, 0.29) is 5.91 Å². The molecule has 0 aliphatic heterocycles. The minimum absolute atomic E-state index is 0.109. The van der Waals surface area contributed by atoms with E-state index < -0.39 is 0 Å². The number of furan rings is 1. The number of nitrogens with two attached hydrogens (primary N) is 1. The smallest absolute Gasteiger partial charge is 0.287 e. The first-order valence-electron chi connectivity index (χ1n) is 6.24. The van der Waals surface area contributed by atoms with Crippen molar-refractivity contribution >= 4 is 5.91 Å². The summed E-state index contributed by atoms with van der Waals surface area (Å²) in [7, 11) is 0. The fourth-order valence-electron chi connectivity index (χ4n) is 2.32. The number of amides is 1. The Kier molecular flexibility index (Phi) is 3.84. The van der Waals surface area contributed by atoms with Crippen LogP contribution in [-0.4, -0.2) is 18.5 Å². The fourth-order valence-corrected chi connectivity index (χ4v) is 2.32. The monoisotopic (exact) mass is 236 g/mol. The van der Waals surface area contributed by atoms with Gasteiger partial charge < -0.3 is 15.5 Å². The SMILES string of the molecule is Cc1ccoc1C(=O)NCC1CCC(N)CC1. The Bertz CT molecular complexity index is 379. The summed E-state index contributed by atoms with van der Waals surface area (Å²) in [6, 6.07) is 2.16. The van der Waals surface area contributed by atoms with Gasteiger partial charge in [0.05, 0.1) is 6.26 Å². The number of hydrogen-bond acceptors (Lipinski definition) is 3. The molecule has 0 saturated heterocycles. The summed E-state index contributed by atoms with van der Waals surface area (Å²) in [4.78, 5) is 11.8. The first-order chi connectivity index (χ1) is 8.16. The van der Waals surface area contributed by atoms with Gasteiger partial charge in [-0.1, -0.05) is 0 Å². The lowest BCUT2D eigenvalue weighted by Crippen LogP contribution is -2.34. The van der Waals surface area contributed by atoms with Crippen LogP contribution in [0.4, 0.5) is 0 Å². The third-order valence-electron chi connectivity index (χ3n) is 3.51. The number of rotatable bonds is 3. The highest BCUT2D eigenvalue weighted by Gasteiger charge is 2.20. The van der Waals surface area contributed by atoms with Crippen molar-refractivity contribution in [3.63, 3.8) is 0 Å². The highest BCUT2D eigenvalue weighted by atomic mass is 16.3. The summed E-state index contributed by atoms with van der Waals surface area (Å²) in [6.07, 6.45) is 5.90. The summed E-state index contributed by atoms with van der Waals surface area (Å²) in [5.41, 5.74) is 6.73. The van der Waals surface area contributed by atoms with Crippen LogP contribution in [0, 0.1) is 12.8 Å². The summed E-state index contributed by atoms with van der Waals surface area (Å²) in [6.45, 7) is 2.60. The number of nitrogens with one attached hydrogen (secondary N) is 1. The van der Waals surface area contributed by atoms with Crippen molar-refractivity contribution in [1.82, 2.24) is 5.32 Å². The van der Waals surface area contributed by atoms with Crippen LogP contribution in [0.2, 0.25) is 0 Å². The molecule has 1 aliphatic rings. The molecule has 2 rings (SSSR count). The molecule has 3 N–H and O–H groups in total. The summed E-state index contributed by atoms with van der Waals surface area (Å²) in [5, 5.41) is 2.94. The minimum Gasteiger partial charge on any atom is -0.459 e. The van der Waals surface area contributed by atoms with E-state index in [0.717, 1.165) is 37.8 Å². The van der Waals surface area contributed by atoms with Crippen molar-refractivity contribution < 1.29 is 9.21 Å². The first-order valence-corrected chi connectivity index (χ1v) is 6.24. The van der Waals surface area contributed by atoms with E-state index in [0.29, 0.717) is 17.7 Å². The Balaban J connectivity index is 1.79. The van der Waals surface area contributed by atoms with Gasteiger partial charge in [-0.15, -0.1) is 0 Å². The van der Waals surface area contributed by atoms with Gasteiger partial charge in [-0.3, -0.25) is 4.79 Å². The molecule has 4 heteroatoms. The molecule has 94 valence electrons. The standard InChI is InChI=1S/C13H20N2O2/c1-9-6-7-17-12(9)13(16)15-8-10-2-4-11(14)5-3-10/h6-7,10-11H,2-5,8,14H2,1H3,(H,15,16). The third kappa shape index (κ3) is 3.09. The van der Waals surface area contributed by atoms with E-state index in [1.807, 2.05) is 6.92 Å². The van der Waals surface area contributed by atoms with E-state index in [2.05, 4.69) is 5.32 Å². The highest BCUT2D eigenvalue weighted by molar-refractivity contribution is 5.92.